The molecular weight excluding hydrogens is 259 g/mol. The summed E-state index contributed by atoms with van der Waals surface area (Å²) in [5.41, 5.74) is 4.78. The van der Waals surface area contributed by atoms with Crippen molar-refractivity contribution in [1.82, 2.24) is 4.98 Å². The molecule has 2 rings (SSSR count). The van der Waals surface area contributed by atoms with Gasteiger partial charge in [0, 0.05) is 13.1 Å². The molecule has 1 atom stereocenters. The number of rotatable bonds is 2. The van der Waals surface area contributed by atoms with Gasteiger partial charge in [-0.15, -0.1) is 0 Å². The lowest BCUT2D eigenvalue weighted by Gasteiger charge is -2.19. The fourth-order valence-corrected chi connectivity index (χ4v) is 2.16. The zero-order valence-corrected chi connectivity index (χ0v) is 10.4. The predicted octanol–water partition coefficient (Wildman–Crippen LogP) is 1.72. The first-order valence-corrected chi connectivity index (χ1v) is 5.87. The minimum Gasteiger partial charge on any atom is -0.369 e. The number of nitrogens with zero attached hydrogens (tertiary/aromatic N) is 2. The summed E-state index contributed by atoms with van der Waals surface area (Å²) in [6.07, 6.45) is -3.92. The number of aromatic nitrogens is 1. The largest absolute Gasteiger partial charge is 0.433 e. The van der Waals surface area contributed by atoms with Gasteiger partial charge in [-0.2, -0.15) is 13.2 Å². The number of carbonyl (C=O) groups is 1. The van der Waals surface area contributed by atoms with E-state index in [-0.39, 0.29) is 11.7 Å². The van der Waals surface area contributed by atoms with Crippen molar-refractivity contribution in [1.29, 1.82) is 0 Å². The van der Waals surface area contributed by atoms with E-state index in [0.717, 1.165) is 6.07 Å². The van der Waals surface area contributed by atoms with Crippen molar-refractivity contribution in [2.75, 3.05) is 18.0 Å². The molecular formula is C12H14F3N3O. The van der Waals surface area contributed by atoms with E-state index in [4.69, 9.17) is 5.73 Å². The first-order chi connectivity index (χ1) is 8.77. The summed E-state index contributed by atoms with van der Waals surface area (Å²) in [6.45, 7) is 2.40. The molecule has 1 aromatic heterocycles. The number of alkyl halides is 3. The number of amides is 1. The van der Waals surface area contributed by atoms with E-state index in [0.29, 0.717) is 25.1 Å². The fourth-order valence-electron chi connectivity index (χ4n) is 2.16. The van der Waals surface area contributed by atoms with Crippen molar-refractivity contribution in [2.24, 2.45) is 11.7 Å². The van der Waals surface area contributed by atoms with E-state index < -0.39 is 17.8 Å². The van der Waals surface area contributed by atoms with E-state index in [2.05, 4.69) is 4.98 Å². The van der Waals surface area contributed by atoms with E-state index >= 15 is 0 Å². The summed E-state index contributed by atoms with van der Waals surface area (Å²) in [6, 6.07) is 2.59. The van der Waals surface area contributed by atoms with Crippen molar-refractivity contribution >= 4 is 11.7 Å². The molecule has 0 aromatic carbocycles. The van der Waals surface area contributed by atoms with Gasteiger partial charge in [-0.3, -0.25) is 4.79 Å². The molecule has 4 nitrogen and oxygen atoms in total. The topological polar surface area (TPSA) is 59.2 Å². The van der Waals surface area contributed by atoms with Crippen LogP contribution in [0.2, 0.25) is 0 Å². The average molecular weight is 273 g/mol. The zero-order valence-electron chi connectivity index (χ0n) is 10.4. The third-order valence-electron chi connectivity index (χ3n) is 3.16. The van der Waals surface area contributed by atoms with Crippen LogP contribution < -0.4 is 10.6 Å². The number of anilines is 1. The molecule has 7 heteroatoms. The Morgan fingerprint density at radius 3 is 2.68 bits per heavy atom. The third kappa shape index (κ3) is 2.97. The molecule has 1 aliphatic rings. The van der Waals surface area contributed by atoms with Gasteiger partial charge in [0.05, 0.1) is 5.92 Å². The molecule has 0 saturated carbocycles. The number of nitrogens with two attached hydrogens (primary N) is 1. The molecule has 104 valence electrons. The number of hydrogen-bond donors (Lipinski definition) is 1. The Bertz CT molecular complexity index is 501. The maximum Gasteiger partial charge on any atom is 0.433 e. The van der Waals surface area contributed by atoms with E-state index in [1.54, 1.807) is 17.9 Å². The molecule has 1 aliphatic heterocycles. The van der Waals surface area contributed by atoms with Crippen LogP contribution in [0.1, 0.15) is 17.7 Å². The van der Waals surface area contributed by atoms with Crippen molar-refractivity contribution in [2.45, 2.75) is 19.5 Å². The molecule has 0 aliphatic carbocycles. The van der Waals surface area contributed by atoms with E-state index in [1.807, 2.05) is 0 Å². The second-order valence-electron chi connectivity index (χ2n) is 4.72. The molecule has 1 saturated heterocycles. The number of hydrogen-bond acceptors (Lipinski definition) is 3. The molecule has 0 spiro atoms. The van der Waals surface area contributed by atoms with Crippen molar-refractivity contribution in [3.8, 4) is 0 Å². The molecule has 0 bridgehead atoms. The lowest BCUT2D eigenvalue weighted by Crippen LogP contribution is -2.28. The number of halogens is 3. The molecule has 1 fully saturated rings. The van der Waals surface area contributed by atoms with Crippen LogP contribution in [-0.2, 0) is 11.0 Å². The van der Waals surface area contributed by atoms with Gasteiger partial charge < -0.3 is 10.6 Å². The highest BCUT2D eigenvalue weighted by Gasteiger charge is 2.34. The highest BCUT2D eigenvalue weighted by atomic mass is 19.4. The zero-order chi connectivity index (χ0) is 14.2. The highest BCUT2D eigenvalue weighted by molar-refractivity contribution is 5.78. The molecule has 1 amide bonds. The SMILES string of the molecule is Cc1cc(N2CCC(C(N)=O)C2)nc(C(F)(F)F)c1. The van der Waals surface area contributed by atoms with Crippen LogP contribution in [0.15, 0.2) is 12.1 Å². The maximum absolute atomic E-state index is 12.7. The molecule has 2 heterocycles. The maximum atomic E-state index is 12.7. The quantitative estimate of drug-likeness (QED) is 0.892. The van der Waals surface area contributed by atoms with Gasteiger partial charge in [-0.25, -0.2) is 4.98 Å². The Morgan fingerprint density at radius 2 is 2.16 bits per heavy atom. The minimum atomic E-state index is -4.47. The van der Waals surface area contributed by atoms with Crippen LogP contribution in [0.4, 0.5) is 19.0 Å². The van der Waals surface area contributed by atoms with Gasteiger partial charge in [0.1, 0.15) is 11.5 Å². The average Bonchev–Trinajstić information content (AvgIpc) is 2.76. The fraction of sp³-hybridized carbons (Fsp3) is 0.500. The van der Waals surface area contributed by atoms with Crippen molar-refractivity contribution in [3.63, 3.8) is 0 Å². The van der Waals surface area contributed by atoms with Gasteiger partial charge in [-0.1, -0.05) is 0 Å². The predicted molar refractivity (Wildman–Crippen MR) is 63.5 cm³/mol. The molecule has 19 heavy (non-hydrogen) atoms. The third-order valence-corrected chi connectivity index (χ3v) is 3.16. The highest BCUT2D eigenvalue weighted by Crippen LogP contribution is 2.31. The normalized spacial score (nSPS) is 19.8. The monoisotopic (exact) mass is 273 g/mol. The van der Waals surface area contributed by atoms with Crippen molar-refractivity contribution in [3.05, 3.63) is 23.4 Å². The lowest BCUT2D eigenvalue weighted by atomic mass is 10.1. The van der Waals surface area contributed by atoms with Gasteiger partial charge in [-0.05, 0) is 31.0 Å². The van der Waals surface area contributed by atoms with Gasteiger partial charge in [0.2, 0.25) is 5.91 Å². The Hall–Kier alpha value is -1.79. The Morgan fingerprint density at radius 1 is 1.47 bits per heavy atom. The first kappa shape index (κ1) is 13.6. The summed E-state index contributed by atoms with van der Waals surface area (Å²) in [7, 11) is 0. The summed E-state index contributed by atoms with van der Waals surface area (Å²) >= 11 is 0. The number of pyridine rings is 1. The second-order valence-corrected chi connectivity index (χ2v) is 4.72. The van der Waals surface area contributed by atoms with Crippen LogP contribution in [0.5, 0.6) is 0 Å². The summed E-state index contributed by atoms with van der Waals surface area (Å²) in [5.74, 6) is -0.501. The van der Waals surface area contributed by atoms with Crippen LogP contribution in [0, 0.1) is 12.8 Å². The smallest absolute Gasteiger partial charge is 0.369 e. The summed E-state index contributed by atoms with van der Waals surface area (Å²) in [5, 5.41) is 0. The molecule has 1 aromatic rings. The summed E-state index contributed by atoms with van der Waals surface area (Å²) < 4.78 is 38.1. The molecule has 0 radical (unpaired) electrons. The lowest BCUT2D eigenvalue weighted by molar-refractivity contribution is -0.141. The Kier molecular flexibility index (Phi) is 3.38. The second kappa shape index (κ2) is 4.71. The Balaban J connectivity index is 2.26. The van der Waals surface area contributed by atoms with Crippen LogP contribution in [0.3, 0.4) is 0 Å². The number of carbonyl (C=O) groups excluding carboxylic acids is 1. The molecule has 2 N–H and O–H groups in total. The van der Waals surface area contributed by atoms with Gasteiger partial charge in [0.25, 0.3) is 0 Å². The van der Waals surface area contributed by atoms with Crippen molar-refractivity contribution < 1.29 is 18.0 Å². The van der Waals surface area contributed by atoms with Crippen LogP contribution in [-0.4, -0.2) is 24.0 Å². The summed E-state index contributed by atoms with van der Waals surface area (Å²) in [4.78, 5) is 16.4. The standard InChI is InChI=1S/C12H14F3N3O/c1-7-4-9(12(13,14)15)17-10(5-7)18-3-2-8(6-18)11(16)19/h4-5,8H,2-3,6H2,1H3,(H2,16,19). The number of primary amides is 1. The number of aryl methyl sites for hydroxylation is 1. The van der Waals surface area contributed by atoms with E-state index in [9.17, 15) is 18.0 Å². The van der Waals surface area contributed by atoms with Gasteiger partial charge in [0.15, 0.2) is 0 Å². The van der Waals surface area contributed by atoms with Crippen LogP contribution >= 0.6 is 0 Å². The molecule has 1 unspecified atom stereocenters. The van der Waals surface area contributed by atoms with Gasteiger partial charge >= 0.3 is 6.18 Å². The first-order valence-electron chi connectivity index (χ1n) is 5.87. The van der Waals surface area contributed by atoms with E-state index in [1.165, 1.54) is 0 Å². The Labute approximate surface area is 108 Å². The minimum absolute atomic E-state index is 0.246. The van der Waals surface area contributed by atoms with Crippen LogP contribution in [0.25, 0.3) is 0 Å².